The van der Waals surface area contributed by atoms with Crippen molar-refractivity contribution in [2.45, 2.75) is 47.1 Å². The molecule has 0 N–H and O–H groups in total. The van der Waals surface area contributed by atoms with E-state index in [1.807, 2.05) is 13.8 Å². The first-order chi connectivity index (χ1) is 7.97. The third kappa shape index (κ3) is 3.28. The van der Waals surface area contributed by atoms with Gasteiger partial charge in [0.1, 0.15) is 0 Å². The van der Waals surface area contributed by atoms with Crippen LogP contribution in [0.25, 0.3) is 0 Å². The highest BCUT2D eigenvalue weighted by atomic mass is 16.5. The second kappa shape index (κ2) is 5.80. The Morgan fingerprint density at radius 3 is 2.47 bits per heavy atom. The van der Waals surface area contributed by atoms with E-state index in [9.17, 15) is 4.79 Å². The molecule has 1 rings (SSSR count). The molecule has 0 bridgehead atoms. The van der Waals surface area contributed by atoms with Crippen molar-refractivity contribution in [3.05, 3.63) is 11.4 Å². The van der Waals surface area contributed by atoms with Crippen molar-refractivity contribution in [1.82, 2.24) is 15.0 Å². The van der Waals surface area contributed by atoms with Crippen LogP contribution in [0.3, 0.4) is 0 Å². The van der Waals surface area contributed by atoms with Gasteiger partial charge in [0, 0.05) is 6.04 Å². The standard InChI is InChI=1S/C12H21N3O2/c1-6-17-12(16)11-10(7-8(2)3)15(9(4)5)14-13-11/h8-9H,6-7H2,1-5H3. The van der Waals surface area contributed by atoms with Gasteiger partial charge < -0.3 is 4.74 Å². The summed E-state index contributed by atoms with van der Waals surface area (Å²) in [5, 5.41) is 7.99. The zero-order valence-electron chi connectivity index (χ0n) is 11.2. The summed E-state index contributed by atoms with van der Waals surface area (Å²) < 4.78 is 6.79. The van der Waals surface area contributed by atoms with Crippen molar-refractivity contribution in [2.24, 2.45) is 5.92 Å². The quantitative estimate of drug-likeness (QED) is 0.739. The lowest BCUT2D eigenvalue weighted by atomic mass is 10.1. The average molecular weight is 239 g/mol. The largest absolute Gasteiger partial charge is 0.461 e. The lowest BCUT2D eigenvalue weighted by Crippen LogP contribution is -2.14. The van der Waals surface area contributed by atoms with Gasteiger partial charge in [-0.05, 0) is 33.1 Å². The molecule has 0 fully saturated rings. The van der Waals surface area contributed by atoms with E-state index in [4.69, 9.17) is 4.74 Å². The van der Waals surface area contributed by atoms with E-state index >= 15 is 0 Å². The van der Waals surface area contributed by atoms with Gasteiger partial charge in [0.25, 0.3) is 0 Å². The number of ether oxygens (including phenoxy) is 1. The average Bonchev–Trinajstić information content (AvgIpc) is 2.60. The van der Waals surface area contributed by atoms with Gasteiger partial charge in [-0.3, -0.25) is 0 Å². The second-order valence-corrected chi connectivity index (χ2v) is 4.74. The minimum Gasteiger partial charge on any atom is -0.461 e. The molecule has 1 aromatic heterocycles. The van der Waals surface area contributed by atoms with Gasteiger partial charge in [-0.15, -0.1) is 5.10 Å². The summed E-state index contributed by atoms with van der Waals surface area (Å²) in [6.45, 7) is 10.4. The third-order valence-electron chi connectivity index (χ3n) is 2.35. The highest BCUT2D eigenvalue weighted by Gasteiger charge is 2.22. The highest BCUT2D eigenvalue weighted by molar-refractivity contribution is 5.88. The Morgan fingerprint density at radius 2 is 2.00 bits per heavy atom. The van der Waals surface area contributed by atoms with Gasteiger partial charge in [0.05, 0.1) is 12.3 Å². The number of aromatic nitrogens is 3. The monoisotopic (exact) mass is 239 g/mol. The van der Waals surface area contributed by atoms with Crippen LogP contribution in [0.2, 0.25) is 0 Å². The van der Waals surface area contributed by atoms with Crippen LogP contribution in [0.4, 0.5) is 0 Å². The number of carbonyl (C=O) groups is 1. The topological polar surface area (TPSA) is 57.0 Å². The van der Waals surface area contributed by atoms with E-state index in [0.29, 0.717) is 18.2 Å². The van der Waals surface area contributed by atoms with Crippen molar-refractivity contribution >= 4 is 5.97 Å². The van der Waals surface area contributed by atoms with Crippen molar-refractivity contribution in [1.29, 1.82) is 0 Å². The molecule has 0 unspecified atom stereocenters. The fourth-order valence-corrected chi connectivity index (χ4v) is 1.66. The minimum absolute atomic E-state index is 0.194. The van der Waals surface area contributed by atoms with Crippen LogP contribution >= 0.6 is 0 Å². The van der Waals surface area contributed by atoms with Crippen LogP contribution < -0.4 is 0 Å². The van der Waals surface area contributed by atoms with Crippen LogP contribution in [-0.2, 0) is 11.2 Å². The molecule has 96 valence electrons. The first-order valence-corrected chi connectivity index (χ1v) is 6.08. The lowest BCUT2D eigenvalue weighted by molar-refractivity contribution is 0.0517. The summed E-state index contributed by atoms with van der Waals surface area (Å²) in [5.74, 6) is 0.0641. The fourth-order valence-electron chi connectivity index (χ4n) is 1.66. The smallest absolute Gasteiger partial charge is 0.360 e. The molecule has 0 aliphatic carbocycles. The Hall–Kier alpha value is -1.39. The number of esters is 1. The first-order valence-electron chi connectivity index (χ1n) is 6.08. The zero-order valence-corrected chi connectivity index (χ0v) is 11.2. The zero-order chi connectivity index (χ0) is 13.0. The molecule has 0 spiro atoms. The lowest BCUT2D eigenvalue weighted by Gasteiger charge is -2.12. The van der Waals surface area contributed by atoms with E-state index in [2.05, 4.69) is 24.2 Å². The van der Waals surface area contributed by atoms with E-state index in [-0.39, 0.29) is 12.0 Å². The molecule has 1 aromatic rings. The minimum atomic E-state index is -0.380. The highest BCUT2D eigenvalue weighted by Crippen LogP contribution is 2.16. The molecule has 5 nitrogen and oxygen atoms in total. The molecular formula is C12H21N3O2. The van der Waals surface area contributed by atoms with Gasteiger partial charge in [-0.1, -0.05) is 19.1 Å². The predicted octanol–water partition coefficient (Wildman–Crippen LogP) is 2.23. The molecule has 0 saturated heterocycles. The maximum atomic E-state index is 11.7. The van der Waals surface area contributed by atoms with Crippen LogP contribution in [0.5, 0.6) is 0 Å². The van der Waals surface area contributed by atoms with Crippen LogP contribution in [-0.4, -0.2) is 27.6 Å². The molecular weight excluding hydrogens is 218 g/mol. The second-order valence-electron chi connectivity index (χ2n) is 4.74. The molecule has 0 aliphatic rings. The fraction of sp³-hybridized carbons (Fsp3) is 0.750. The Bertz CT molecular complexity index is 383. The van der Waals surface area contributed by atoms with Gasteiger partial charge in [0.15, 0.2) is 5.69 Å². The molecule has 17 heavy (non-hydrogen) atoms. The predicted molar refractivity (Wildman–Crippen MR) is 64.9 cm³/mol. The summed E-state index contributed by atoms with van der Waals surface area (Å²) in [6, 6.07) is 0.194. The molecule has 0 amide bonds. The Kier molecular flexibility index (Phi) is 4.66. The molecule has 0 aromatic carbocycles. The SMILES string of the molecule is CCOC(=O)c1nnn(C(C)C)c1CC(C)C. The summed E-state index contributed by atoms with van der Waals surface area (Å²) in [7, 11) is 0. The third-order valence-corrected chi connectivity index (χ3v) is 2.35. The maximum Gasteiger partial charge on any atom is 0.360 e. The molecule has 5 heteroatoms. The summed E-state index contributed by atoms with van der Waals surface area (Å²) >= 11 is 0. The Labute approximate surface area is 102 Å². The normalized spacial score (nSPS) is 11.2. The van der Waals surface area contributed by atoms with Crippen LogP contribution in [0, 0.1) is 5.92 Å². The van der Waals surface area contributed by atoms with Crippen LogP contribution in [0.1, 0.15) is 56.8 Å². The summed E-state index contributed by atoms with van der Waals surface area (Å²) in [5.41, 5.74) is 1.22. The molecule has 1 heterocycles. The molecule has 0 radical (unpaired) electrons. The Balaban J connectivity index is 3.08. The van der Waals surface area contributed by atoms with Crippen molar-refractivity contribution < 1.29 is 9.53 Å². The number of nitrogens with zero attached hydrogens (tertiary/aromatic N) is 3. The number of hydrogen-bond donors (Lipinski definition) is 0. The summed E-state index contributed by atoms with van der Waals surface area (Å²) in [4.78, 5) is 11.7. The maximum absolute atomic E-state index is 11.7. The van der Waals surface area contributed by atoms with Crippen molar-refractivity contribution in [3.8, 4) is 0 Å². The van der Waals surface area contributed by atoms with Gasteiger partial charge in [0.2, 0.25) is 0 Å². The summed E-state index contributed by atoms with van der Waals surface area (Å²) in [6.07, 6.45) is 0.777. The van der Waals surface area contributed by atoms with Crippen LogP contribution in [0.15, 0.2) is 0 Å². The Morgan fingerprint density at radius 1 is 1.35 bits per heavy atom. The van der Waals surface area contributed by atoms with Crippen molar-refractivity contribution in [3.63, 3.8) is 0 Å². The van der Waals surface area contributed by atoms with Gasteiger partial charge in [-0.2, -0.15) is 0 Å². The number of carbonyl (C=O) groups excluding carboxylic acids is 1. The van der Waals surface area contributed by atoms with E-state index in [1.165, 1.54) is 0 Å². The van der Waals surface area contributed by atoms with E-state index in [0.717, 1.165) is 12.1 Å². The molecule has 0 aliphatic heterocycles. The van der Waals surface area contributed by atoms with Gasteiger partial charge >= 0.3 is 5.97 Å². The van der Waals surface area contributed by atoms with Gasteiger partial charge in [-0.25, -0.2) is 9.48 Å². The number of rotatable bonds is 5. The number of hydrogen-bond acceptors (Lipinski definition) is 4. The van der Waals surface area contributed by atoms with E-state index in [1.54, 1.807) is 11.6 Å². The molecule has 0 saturated carbocycles. The van der Waals surface area contributed by atoms with E-state index < -0.39 is 0 Å². The molecule has 0 atom stereocenters. The van der Waals surface area contributed by atoms with Crippen molar-refractivity contribution in [2.75, 3.05) is 6.61 Å². The first kappa shape index (κ1) is 13.7.